The van der Waals surface area contributed by atoms with Crippen molar-refractivity contribution in [2.24, 2.45) is 0 Å². The molecule has 0 radical (unpaired) electrons. The summed E-state index contributed by atoms with van der Waals surface area (Å²) < 4.78 is 1.79. The SMILES string of the molecule is Cc1ccccc1N1CCCN(C(=O)c2c(C)nc3ncccn23)CC1. The van der Waals surface area contributed by atoms with E-state index in [0.717, 1.165) is 31.7 Å². The highest BCUT2D eigenvalue weighted by atomic mass is 16.2. The van der Waals surface area contributed by atoms with E-state index in [9.17, 15) is 4.79 Å². The minimum absolute atomic E-state index is 0.0367. The first kappa shape index (κ1) is 16.6. The van der Waals surface area contributed by atoms with Crippen molar-refractivity contribution < 1.29 is 4.79 Å². The van der Waals surface area contributed by atoms with E-state index in [0.29, 0.717) is 18.0 Å². The third-order valence-electron chi connectivity index (χ3n) is 5.02. The topological polar surface area (TPSA) is 53.7 Å². The number of para-hydroxylation sites is 1. The number of aryl methyl sites for hydroxylation is 2. The fourth-order valence-corrected chi connectivity index (χ4v) is 3.68. The van der Waals surface area contributed by atoms with E-state index in [4.69, 9.17) is 0 Å². The van der Waals surface area contributed by atoms with Crippen LogP contribution >= 0.6 is 0 Å². The molecule has 134 valence electrons. The maximum atomic E-state index is 13.2. The third kappa shape index (κ3) is 2.92. The Morgan fingerprint density at radius 1 is 1.04 bits per heavy atom. The number of amides is 1. The second-order valence-electron chi connectivity index (χ2n) is 6.75. The third-order valence-corrected chi connectivity index (χ3v) is 5.02. The smallest absolute Gasteiger partial charge is 0.272 e. The first-order valence-electron chi connectivity index (χ1n) is 9.04. The molecule has 4 rings (SSSR count). The molecule has 0 N–H and O–H groups in total. The molecule has 1 amide bonds. The van der Waals surface area contributed by atoms with Crippen molar-refractivity contribution in [2.45, 2.75) is 20.3 Å². The van der Waals surface area contributed by atoms with Crippen LogP contribution in [0.4, 0.5) is 5.69 Å². The van der Waals surface area contributed by atoms with Crippen LogP contribution in [0.15, 0.2) is 42.7 Å². The van der Waals surface area contributed by atoms with Crippen molar-refractivity contribution in [1.82, 2.24) is 19.3 Å². The number of imidazole rings is 1. The fraction of sp³-hybridized carbons (Fsp3) is 0.350. The van der Waals surface area contributed by atoms with E-state index in [1.807, 2.05) is 24.1 Å². The van der Waals surface area contributed by atoms with E-state index in [-0.39, 0.29) is 5.91 Å². The highest BCUT2D eigenvalue weighted by Gasteiger charge is 2.25. The van der Waals surface area contributed by atoms with Gasteiger partial charge in [-0.05, 0) is 38.0 Å². The lowest BCUT2D eigenvalue weighted by Crippen LogP contribution is -2.36. The lowest BCUT2D eigenvalue weighted by atomic mass is 10.2. The standard InChI is InChI=1S/C20H23N5O/c1-15-7-3-4-8-17(15)23-10-6-11-24(14-13-23)19(26)18-16(2)22-20-21-9-5-12-25(18)20/h3-5,7-9,12H,6,10-11,13-14H2,1-2H3. The van der Waals surface area contributed by atoms with Crippen LogP contribution in [0.1, 0.15) is 28.2 Å². The number of nitrogens with zero attached hydrogens (tertiary/aromatic N) is 5. The largest absolute Gasteiger partial charge is 0.369 e. The summed E-state index contributed by atoms with van der Waals surface area (Å²) in [6, 6.07) is 10.3. The van der Waals surface area contributed by atoms with Crippen LogP contribution in [0.25, 0.3) is 5.78 Å². The van der Waals surface area contributed by atoms with Gasteiger partial charge in [-0.3, -0.25) is 9.20 Å². The quantitative estimate of drug-likeness (QED) is 0.714. The summed E-state index contributed by atoms with van der Waals surface area (Å²) in [5.41, 5.74) is 3.89. The number of hydrogen-bond donors (Lipinski definition) is 0. The Hall–Kier alpha value is -2.89. The Kier molecular flexibility index (Phi) is 4.32. The molecule has 1 aliphatic heterocycles. The van der Waals surface area contributed by atoms with Gasteiger partial charge in [0, 0.05) is 44.3 Å². The highest BCUT2D eigenvalue weighted by molar-refractivity contribution is 5.94. The van der Waals surface area contributed by atoms with Crippen LogP contribution in [0.5, 0.6) is 0 Å². The van der Waals surface area contributed by atoms with Crippen molar-refractivity contribution in [3.05, 3.63) is 59.7 Å². The van der Waals surface area contributed by atoms with Crippen LogP contribution in [-0.2, 0) is 0 Å². The summed E-state index contributed by atoms with van der Waals surface area (Å²) in [6.07, 6.45) is 4.50. The number of rotatable bonds is 2. The molecule has 1 fully saturated rings. The van der Waals surface area contributed by atoms with E-state index >= 15 is 0 Å². The van der Waals surface area contributed by atoms with E-state index in [1.165, 1.54) is 11.3 Å². The van der Waals surface area contributed by atoms with Gasteiger partial charge in [-0.25, -0.2) is 9.97 Å². The number of hydrogen-bond acceptors (Lipinski definition) is 4. The van der Waals surface area contributed by atoms with Crippen LogP contribution in [0, 0.1) is 13.8 Å². The summed E-state index contributed by atoms with van der Waals surface area (Å²) in [5, 5.41) is 0. The van der Waals surface area contributed by atoms with Crippen molar-refractivity contribution >= 4 is 17.4 Å². The van der Waals surface area contributed by atoms with Gasteiger partial charge >= 0.3 is 0 Å². The molecule has 26 heavy (non-hydrogen) atoms. The Morgan fingerprint density at radius 2 is 1.88 bits per heavy atom. The molecular formula is C20H23N5O. The summed E-state index contributed by atoms with van der Waals surface area (Å²) >= 11 is 0. The van der Waals surface area contributed by atoms with E-state index < -0.39 is 0 Å². The molecule has 3 heterocycles. The molecule has 0 atom stereocenters. The van der Waals surface area contributed by atoms with Crippen LogP contribution < -0.4 is 4.90 Å². The number of anilines is 1. The van der Waals surface area contributed by atoms with Gasteiger partial charge < -0.3 is 9.80 Å². The van der Waals surface area contributed by atoms with Gasteiger partial charge in [0.1, 0.15) is 5.69 Å². The average Bonchev–Trinajstić information content (AvgIpc) is 2.81. The molecule has 1 saturated heterocycles. The van der Waals surface area contributed by atoms with Gasteiger partial charge in [0.25, 0.3) is 5.91 Å². The maximum absolute atomic E-state index is 13.2. The van der Waals surface area contributed by atoms with Crippen molar-refractivity contribution in [2.75, 3.05) is 31.1 Å². The van der Waals surface area contributed by atoms with Crippen molar-refractivity contribution in [3.8, 4) is 0 Å². The zero-order chi connectivity index (χ0) is 18.1. The predicted molar refractivity (Wildman–Crippen MR) is 102 cm³/mol. The van der Waals surface area contributed by atoms with Gasteiger partial charge in [0.05, 0.1) is 5.69 Å². The lowest BCUT2D eigenvalue weighted by molar-refractivity contribution is 0.0759. The van der Waals surface area contributed by atoms with Crippen molar-refractivity contribution in [1.29, 1.82) is 0 Å². The Labute approximate surface area is 153 Å². The minimum atomic E-state index is 0.0367. The molecule has 6 nitrogen and oxygen atoms in total. The monoisotopic (exact) mass is 349 g/mol. The molecular weight excluding hydrogens is 326 g/mol. The van der Waals surface area contributed by atoms with Gasteiger partial charge in [0.15, 0.2) is 0 Å². The summed E-state index contributed by atoms with van der Waals surface area (Å²) in [6.45, 7) is 7.28. The second kappa shape index (κ2) is 6.78. The molecule has 6 heteroatoms. The Bertz CT molecular complexity index is 948. The molecule has 1 aromatic carbocycles. The normalized spacial score (nSPS) is 15.3. The number of carbonyl (C=O) groups excluding carboxylic acids is 1. The van der Waals surface area contributed by atoms with E-state index in [2.05, 4.69) is 46.1 Å². The fourth-order valence-electron chi connectivity index (χ4n) is 3.68. The molecule has 1 aliphatic rings. The molecule has 0 aliphatic carbocycles. The molecule has 0 unspecified atom stereocenters. The number of aromatic nitrogens is 3. The Morgan fingerprint density at radius 3 is 2.73 bits per heavy atom. The summed E-state index contributed by atoms with van der Waals surface area (Å²) in [5.74, 6) is 0.611. The molecule has 0 spiro atoms. The number of benzene rings is 1. The highest BCUT2D eigenvalue weighted by Crippen LogP contribution is 2.22. The number of fused-ring (bicyclic) bond motifs is 1. The molecule has 2 aromatic heterocycles. The minimum Gasteiger partial charge on any atom is -0.369 e. The predicted octanol–water partition coefficient (Wildman–Crippen LogP) is 2.70. The van der Waals surface area contributed by atoms with Gasteiger partial charge in [-0.1, -0.05) is 18.2 Å². The maximum Gasteiger partial charge on any atom is 0.272 e. The van der Waals surface area contributed by atoms with Crippen LogP contribution in [0.3, 0.4) is 0 Å². The first-order valence-corrected chi connectivity index (χ1v) is 9.04. The van der Waals surface area contributed by atoms with Gasteiger partial charge in [-0.15, -0.1) is 0 Å². The first-order chi connectivity index (χ1) is 12.6. The molecule has 0 bridgehead atoms. The van der Waals surface area contributed by atoms with Crippen LogP contribution in [-0.4, -0.2) is 51.4 Å². The molecule has 3 aromatic rings. The average molecular weight is 349 g/mol. The summed E-state index contributed by atoms with van der Waals surface area (Å²) in [7, 11) is 0. The van der Waals surface area contributed by atoms with Gasteiger partial charge in [-0.2, -0.15) is 0 Å². The zero-order valence-corrected chi connectivity index (χ0v) is 15.2. The zero-order valence-electron chi connectivity index (χ0n) is 15.2. The Balaban J connectivity index is 1.56. The number of carbonyl (C=O) groups is 1. The van der Waals surface area contributed by atoms with Crippen molar-refractivity contribution in [3.63, 3.8) is 0 Å². The van der Waals surface area contributed by atoms with E-state index in [1.54, 1.807) is 10.6 Å². The summed E-state index contributed by atoms with van der Waals surface area (Å²) in [4.78, 5) is 26.2. The van der Waals surface area contributed by atoms with Crippen LogP contribution in [0.2, 0.25) is 0 Å². The molecule has 0 saturated carbocycles. The lowest BCUT2D eigenvalue weighted by Gasteiger charge is -2.25. The van der Waals surface area contributed by atoms with Gasteiger partial charge in [0.2, 0.25) is 5.78 Å². The second-order valence-corrected chi connectivity index (χ2v) is 6.75.